The molecule has 0 saturated carbocycles. The number of aliphatic carboxylic acids is 2. The Morgan fingerprint density at radius 2 is 1.59 bits per heavy atom. The molecular weight excluding hydrogens is 228 g/mol. The summed E-state index contributed by atoms with van der Waals surface area (Å²) in [6.45, 7) is 1.73. The smallest absolute Gasteiger partial charge is 0.306 e. The van der Waals surface area contributed by atoms with Gasteiger partial charge in [-0.05, 0) is 12.8 Å². The molecule has 4 N–H and O–H groups in total. The number of aliphatic hydroxyl groups excluding tert-OH is 2. The van der Waals surface area contributed by atoms with Crippen LogP contribution in [0.2, 0.25) is 0 Å². The number of hydrogen-bond acceptors (Lipinski definition) is 4. The Kier molecular flexibility index (Phi) is 13.9. The third-order valence-corrected chi connectivity index (χ3v) is 2.06. The van der Waals surface area contributed by atoms with E-state index in [-0.39, 0.29) is 26.1 Å². The highest BCUT2D eigenvalue weighted by atomic mass is 16.4. The van der Waals surface area contributed by atoms with E-state index in [1.54, 1.807) is 0 Å². The summed E-state index contributed by atoms with van der Waals surface area (Å²) in [5.41, 5.74) is 0. The lowest BCUT2D eigenvalue weighted by Gasteiger charge is -2.09. The van der Waals surface area contributed by atoms with E-state index in [0.29, 0.717) is 6.42 Å². The molecule has 0 radical (unpaired) electrons. The van der Waals surface area contributed by atoms with Gasteiger partial charge in [0.25, 0.3) is 0 Å². The molecule has 6 nitrogen and oxygen atoms in total. The molecule has 0 aromatic rings. The Hall–Kier alpha value is -1.14. The first-order chi connectivity index (χ1) is 7.99. The summed E-state index contributed by atoms with van der Waals surface area (Å²) < 4.78 is 0. The summed E-state index contributed by atoms with van der Waals surface area (Å²) in [5.74, 6) is -2.30. The molecule has 0 bridgehead atoms. The highest BCUT2D eigenvalue weighted by Crippen LogP contribution is 2.14. The fourth-order valence-electron chi connectivity index (χ4n) is 1.14. The van der Waals surface area contributed by atoms with Crippen LogP contribution in [0.5, 0.6) is 0 Å². The van der Waals surface area contributed by atoms with Gasteiger partial charge >= 0.3 is 11.9 Å². The Bertz CT molecular complexity index is 202. The van der Waals surface area contributed by atoms with Crippen LogP contribution in [-0.2, 0) is 9.59 Å². The monoisotopic (exact) mass is 250 g/mol. The van der Waals surface area contributed by atoms with Crippen molar-refractivity contribution in [3.8, 4) is 0 Å². The molecule has 0 heterocycles. The molecule has 1 atom stereocenters. The van der Waals surface area contributed by atoms with Crippen LogP contribution in [0.3, 0.4) is 0 Å². The standard InChI is InChI=1S/C9H16O4.C2H6O2/c1-2-3-4-7(9(12)13)5-6-8(10)11;3-1-2-4/h7H,2-6H2,1H3,(H,10,11)(H,12,13);3-4H,1-2H2. The second-order valence-electron chi connectivity index (χ2n) is 3.56. The van der Waals surface area contributed by atoms with E-state index in [4.69, 9.17) is 20.4 Å². The minimum atomic E-state index is -0.928. The lowest BCUT2D eigenvalue weighted by Crippen LogP contribution is -2.15. The van der Waals surface area contributed by atoms with Gasteiger partial charge in [0.1, 0.15) is 0 Å². The molecule has 0 spiro atoms. The predicted molar refractivity (Wildman–Crippen MR) is 61.7 cm³/mol. The average Bonchev–Trinajstić information content (AvgIpc) is 2.28. The minimum absolute atomic E-state index is 0.0549. The van der Waals surface area contributed by atoms with Gasteiger partial charge in [-0.15, -0.1) is 0 Å². The summed E-state index contributed by atoms with van der Waals surface area (Å²) in [5, 5.41) is 32.3. The molecular formula is C11H22O6. The molecule has 0 aromatic heterocycles. The first kappa shape index (κ1) is 18.2. The van der Waals surface area contributed by atoms with E-state index >= 15 is 0 Å². The van der Waals surface area contributed by atoms with Gasteiger partial charge in [-0.1, -0.05) is 19.8 Å². The van der Waals surface area contributed by atoms with Gasteiger partial charge in [-0.25, -0.2) is 0 Å². The summed E-state index contributed by atoms with van der Waals surface area (Å²) in [7, 11) is 0. The third kappa shape index (κ3) is 14.9. The van der Waals surface area contributed by atoms with Crippen LogP contribution < -0.4 is 0 Å². The molecule has 102 valence electrons. The molecule has 0 rings (SSSR count). The van der Waals surface area contributed by atoms with E-state index in [0.717, 1.165) is 12.8 Å². The molecule has 1 unspecified atom stereocenters. The maximum absolute atomic E-state index is 10.6. The quantitative estimate of drug-likeness (QED) is 0.504. The van der Waals surface area contributed by atoms with E-state index < -0.39 is 17.9 Å². The fourth-order valence-corrected chi connectivity index (χ4v) is 1.14. The average molecular weight is 250 g/mol. The van der Waals surface area contributed by atoms with Crippen LogP contribution in [0.25, 0.3) is 0 Å². The maximum atomic E-state index is 10.6. The number of hydrogen-bond donors (Lipinski definition) is 4. The van der Waals surface area contributed by atoms with Gasteiger partial charge in [-0.2, -0.15) is 0 Å². The van der Waals surface area contributed by atoms with E-state index in [1.165, 1.54) is 0 Å². The highest BCUT2D eigenvalue weighted by molar-refractivity contribution is 5.72. The van der Waals surface area contributed by atoms with Crippen LogP contribution in [0, 0.1) is 5.92 Å². The zero-order valence-electron chi connectivity index (χ0n) is 10.1. The topological polar surface area (TPSA) is 115 Å². The molecule has 0 aliphatic carbocycles. The zero-order valence-corrected chi connectivity index (χ0v) is 10.1. The molecule has 0 aliphatic heterocycles. The number of carboxylic acid groups (broad SMARTS) is 2. The number of aliphatic hydroxyl groups is 2. The normalized spacial score (nSPS) is 11.2. The Morgan fingerprint density at radius 3 is 1.88 bits per heavy atom. The first-order valence-electron chi connectivity index (χ1n) is 5.65. The maximum Gasteiger partial charge on any atom is 0.306 e. The minimum Gasteiger partial charge on any atom is -0.481 e. The Labute approximate surface area is 101 Å². The molecule has 17 heavy (non-hydrogen) atoms. The molecule has 0 aromatic carbocycles. The first-order valence-corrected chi connectivity index (χ1v) is 5.65. The van der Waals surface area contributed by atoms with Gasteiger partial charge in [0.05, 0.1) is 19.1 Å². The van der Waals surface area contributed by atoms with Gasteiger partial charge in [0.15, 0.2) is 0 Å². The molecule has 0 aliphatic rings. The van der Waals surface area contributed by atoms with Crippen molar-refractivity contribution in [2.45, 2.75) is 39.0 Å². The van der Waals surface area contributed by atoms with Crippen molar-refractivity contribution < 1.29 is 30.0 Å². The number of carboxylic acids is 2. The van der Waals surface area contributed by atoms with E-state index in [9.17, 15) is 9.59 Å². The second-order valence-corrected chi connectivity index (χ2v) is 3.56. The van der Waals surface area contributed by atoms with Crippen LogP contribution >= 0.6 is 0 Å². The number of carbonyl (C=O) groups is 2. The molecule has 6 heteroatoms. The van der Waals surface area contributed by atoms with E-state index in [1.807, 2.05) is 6.92 Å². The second kappa shape index (κ2) is 12.9. The highest BCUT2D eigenvalue weighted by Gasteiger charge is 2.17. The molecule has 0 amide bonds. The van der Waals surface area contributed by atoms with Gasteiger partial charge in [0.2, 0.25) is 0 Å². The van der Waals surface area contributed by atoms with Gasteiger partial charge < -0.3 is 20.4 Å². The van der Waals surface area contributed by atoms with E-state index in [2.05, 4.69) is 0 Å². The fraction of sp³-hybridized carbons (Fsp3) is 0.818. The Morgan fingerprint density at radius 1 is 1.06 bits per heavy atom. The summed E-state index contributed by atoms with van der Waals surface area (Å²) >= 11 is 0. The third-order valence-electron chi connectivity index (χ3n) is 2.06. The van der Waals surface area contributed by atoms with Gasteiger partial charge in [-0.3, -0.25) is 9.59 Å². The van der Waals surface area contributed by atoms with Crippen molar-refractivity contribution in [2.75, 3.05) is 13.2 Å². The summed E-state index contributed by atoms with van der Waals surface area (Å²) in [6, 6.07) is 0. The van der Waals surface area contributed by atoms with Crippen molar-refractivity contribution in [1.82, 2.24) is 0 Å². The molecule has 0 saturated heterocycles. The van der Waals surface area contributed by atoms with Crippen LogP contribution in [0.4, 0.5) is 0 Å². The summed E-state index contributed by atoms with van der Waals surface area (Å²) in [4.78, 5) is 20.8. The van der Waals surface area contributed by atoms with Crippen molar-refractivity contribution in [2.24, 2.45) is 5.92 Å². The summed E-state index contributed by atoms with van der Waals surface area (Å²) in [6.07, 6.45) is 2.55. The Balaban J connectivity index is 0. The van der Waals surface area contributed by atoms with Crippen LogP contribution in [0.1, 0.15) is 39.0 Å². The number of unbranched alkanes of at least 4 members (excludes halogenated alkanes) is 1. The lowest BCUT2D eigenvalue weighted by molar-refractivity contribution is -0.143. The van der Waals surface area contributed by atoms with Crippen LogP contribution in [-0.4, -0.2) is 45.6 Å². The van der Waals surface area contributed by atoms with Gasteiger partial charge in [0, 0.05) is 6.42 Å². The van der Waals surface area contributed by atoms with Crippen molar-refractivity contribution in [1.29, 1.82) is 0 Å². The number of rotatable bonds is 8. The van der Waals surface area contributed by atoms with Crippen molar-refractivity contribution in [3.63, 3.8) is 0 Å². The van der Waals surface area contributed by atoms with Crippen molar-refractivity contribution >= 4 is 11.9 Å². The van der Waals surface area contributed by atoms with Crippen molar-refractivity contribution in [3.05, 3.63) is 0 Å². The van der Waals surface area contributed by atoms with Crippen LogP contribution in [0.15, 0.2) is 0 Å². The predicted octanol–water partition coefficient (Wildman–Crippen LogP) is 0.713. The largest absolute Gasteiger partial charge is 0.481 e. The lowest BCUT2D eigenvalue weighted by atomic mass is 9.97. The SMILES string of the molecule is CCCCC(CCC(=O)O)C(=O)O.OCCO. The molecule has 0 fully saturated rings. The zero-order chi connectivity index (χ0) is 13.7.